The largest absolute Gasteiger partial charge is 0.337 e. The summed E-state index contributed by atoms with van der Waals surface area (Å²) in [6.45, 7) is 0.245. The molecule has 8 nitrogen and oxygen atoms in total. The summed E-state index contributed by atoms with van der Waals surface area (Å²) >= 11 is 0. The van der Waals surface area contributed by atoms with Crippen molar-refractivity contribution in [2.45, 2.75) is 19.4 Å². The Kier molecular flexibility index (Phi) is 7.01. The van der Waals surface area contributed by atoms with Crippen molar-refractivity contribution in [3.8, 4) is 11.4 Å². The van der Waals surface area contributed by atoms with Crippen molar-refractivity contribution >= 4 is 21.6 Å². The van der Waals surface area contributed by atoms with Crippen LogP contribution in [0.2, 0.25) is 0 Å². The minimum Gasteiger partial charge on any atom is -0.337 e. The maximum absolute atomic E-state index is 13.1. The standard InChI is InChI=1S/C21H23FN4O4S/c1-25(15-19-23-21(24-30-19)16-7-4-3-5-8-16)20(27)9-6-14-26(31(2,28)29)18-12-10-17(22)11-13-18/h3-5,7-8,10-13H,6,9,14-15H2,1-2H3. The molecule has 0 N–H and O–H groups in total. The van der Waals surface area contributed by atoms with Gasteiger partial charge in [0.05, 0.1) is 18.5 Å². The van der Waals surface area contributed by atoms with Gasteiger partial charge in [0.1, 0.15) is 5.82 Å². The molecule has 0 bridgehead atoms. The van der Waals surface area contributed by atoms with Gasteiger partial charge in [-0.1, -0.05) is 35.5 Å². The Balaban J connectivity index is 1.55. The summed E-state index contributed by atoms with van der Waals surface area (Å²) in [5, 5.41) is 3.93. The number of halogens is 1. The Labute approximate surface area is 180 Å². The first-order valence-electron chi connectivity index (χ1n) is 9.59. The maximum Gasteiger partial charge on any atom is 0.246 e. The smallest absolute Gasteiger partial charge is 0.246 e. The topological polar surface area (TPSA) is 96.6 Å². The number of carbonyl (C=O) groups excluding carboxylic acids is 1. The number of hydrogen-bond donors (Lipinski definition) is 0. The van der Waals surface area contributed by atoms with Gasteiger partial charge in [-0.3, -0.25) is 9.10 Å². The van der Waals surface area contributed by atoms with Gasteiger partial charge in [-0.05, 0) is 30.7 Å². The summed E-state index contributed by atoms with van der Waals surface area (Å²) in [5.41, 5.74) is 1.16. The molecule has 10 heteroatoms. The van der Waals surface area contributed by atoms with Crippen molar-refractivity contribution in [3.05, 3.63) is 66.3 Å². The molecule has 1 amide bonds. The predicted octanol–water partition coefficient (Wildman–Crippen LogP) is 3.08. The number of rotatable bonds is 9. The highest BCUT2D eigenvalue weighted by Gasteiger charge is 2.19. The van der Waals surface area contributed by atoms with Gasteiger partial charge in [-0.2, -0.15) is 4.98 Å². The number of sulfonamides is 1. The van der Waals surface area contributed by atoms with Gasteiger partial charge >= 0.3 is 0 Å². The van der Waals surface area contributed by atoms with Crippen molar-refractivity contribution in [2.24, 2.45) is 0 Å². The lowest BCUT2D eigenvalue weighted by atomic mass is 10.2. The number of benzene rings is 2. The number of aromatic nitrogens is 2. The van der Waals surface area contributed by atoms with Crippen LogP contribution in [0.15, 0.2) is 59.1 Å². The van der Waals surface area contributed by atoms with Crippen LogP contribution in [0.25, 0.3) is 11.4 Å². The lowest BCUT2D eigenvalue weighted by Gasteiger charge is -2.23. The normalized spacial score (nSPS) is 11.3. The lowest BCUT2D eigenvalue weighted by molar-refractivity contribution is -0.130. The minimum atomic E-state index is -3.57. The van der Waals surface area contributed by atoms with E-state index < -0.39 is 15.8 Å². The second kappa shape index (κ2) is 9.69. The fourth-order valence-electron chi connectivity index (χ4n) is 2.97. The zero-order valence-electron chi connectivity index (χ0n) is 17.2. The average molecular weight is 447 g/mol. The van der Waals surface area contributed by atoms with Gasteiger partial charge in [0, 0.05) is 25.6 Å². The molecule has 3 rings (SSSR count). The number of anilines is 1. The molecule has 2 aromatic carbocycles. The summed E-state index contributed by atoms with van der Waals surface area (Å²) in [4.78, 5) is 18.2. The SMILES string of the molecule is CN(Cc1nc(-c2ccccc2)no1)C(=O)CCCN(c1ccc(F)cc1)S(C)(=O)=O. The third-order valence-electron chi connectivity index (χ3n) is 4.57. The highest BCUT2D eigenvalue weighted by atomic mass is 32.2. The second-order valence-electron chi connectivity index (χ2n) is 7.04. The molecule has 1 heterocycles. The van der Waals surface area contributed by atoms with E-state index in [1.54, 1.807) is 7.05 Å². The van der Waals surface area contributed by atoms with E-state index in [1.165, 1.54) is 29.2 Å². The Morgan fingerprint density at radius 3 is 2.42 bits per heavy atom. The van der Waals surface area contributed by atoms with Crippen molar-refractivity contribution in [1.29, 1.82) is 0 Å². The zero-order chi connectivity index (χ0) is 22.4. The summed E-state index contributed by atoms with van der Waals surface area (Å²) in [5.74, 6) is 0.107. The Hall–Kier alpha value is -3.27. The summed E-state index contributed by atoms with van der Waals surface area (Å²) in [6.07, 6.45) is 1.50. The summed E-state index contributed by atoms with van der Waals surface area (Å²) in [7, 11) is -1.95. The molecule has 3 aromatic rings. The average Bonchev–Trinajstić information content (AvgIpc) is 3.20. The van der Waals surface area contributed by atoms with E-state index in [-0.39, 0.29) is 25.4 Å². The van der Waals surface area contributed by atoms with E-state index in [0.717, 1.165) is 16.1 Å². The summed E-state index contributed by atoms with van der Waals surface area (Å²) < 4.78 is 43.7. The molecule has 0 atom stereocenters. The molecule has 0 saturated carbocycles. The fraction of sp³-hybridized carbons (Fsp3) is 0.286. The van der Waals surface area contributed by atoms with Gasteiger partial charge < -0.3 is 9.42 Å². The first-order chi connectivity index (χ1) is 14.7. The first kappa shape index (κ1) is 22.4. The van der Waals surface area contributed by atoms with Crippen LogP contribution in [0.3, 0.4) is 0 Å². The first-order valence-corrected chi connectivity index (χ1v) is 11.4. The zero-order valence-corrected chi connectivity index (χ0v) is 18.0. The van der Waals surface area contributed by atoms with E-state index in [0.29, 0.717) is 23.8 Å². The third kappa shape index (κ3) is 6.11. The monoisotopic (exact) mass is 446 g/mol. The fourth-order valence-corrected chi connectivity index (χ4v) is 3.94. The van der Waals surface area contributed by atoms with Gasteiger partial charge in [0.25, 0.3) is 0 Å². The molecule has 0 saturated heterocycles. The van der Waals surface area contributed by atoms with E-state index >= 15 is 0 Å². The predicted molar refractivity (Wildman–Crippen MR) is 114 cm³/mol. The van der Waals surface area contributed by atoms with Crippen LogP contribution in [0.4, 0.5) is 10.1 Å². The van der Waals surface area contributed by atoms with Crippen LogP contribution < -0.4 is 4.31 Å². The lowest BCUT2D eigenvalue weighted by Crippen LogP contribution is -2.32. The van der Waals surface area contributed by atoms with Crippen LogP contribution in [0, 0.1) is 5.82 Å². The molecule has 1 aromatic heterocycles. The molecule has 0 aliphatic heterocycles. The van der Waals surface area contributed by atoms with Crippen molar-refractivity contribution in [3.63, 3.8) is 0 Å². The minimum absolute atomic E-state index is 0.1000. The number of carbonyl (C=O) groups is 1. The number of nitrogens with zero attached hydrogens (tertiary/aromatic N) is 4. The van der Waals surface area contributed by atoms with Crippen molar-refractivity contribution in [2.75, 3.05) is 24.2 Å². The highest BCUT2D eigenvalue weighted by Crippen LogP contribution is 2.19. The van der Waals surface area contributed by atoms with Crippen molar-refractivity contribution < 1.29 is 22.1 Å². The Bertz CT molecular complexity index is 1120. The molecule has 164 valence electrons. The second-order valence-corrected chi connectivity index (χ2v) is 8.95. The van der Waals surface area contributed by atoms with Crippen LogP contribution in [0.5, 0.6) is 0 Å². The van der Waals surface area contributed by atoms with Gasteiger partial charge in [0.15, 0.2) is 0 Å². The molecular formula is C21H23FN4O4S. The summed E-state index contributed by atoms with van der Waals surface area (Å²) in [6, 6.07) is 14.5. The van der Waals surface area contributed by atoms with Gasteiger partial charge in [-0.15, -0.1) is 0 Å². The molecule has 0 unspecified atom stereocenters. The molecule has 0 aliphatic rings. The van der Waals surface area contributed by atoms with E-state index in [2.05, 4.69) is 10.1 Å². The van der Waals surface area contributed by atoms with E-state index in [9.17, 15) is 17.6 Å². The van der Waals surface area contributed by atoms with Crippen molar-refractivity contribution in [1.82, 2.24) is 15.0 Å². The van der Waals surface area contributed by atoms with Gasteiger partial charge in [-0.25, -0.2) is 12.8 Å². The van der Waals surface area contributed by atoms with E-state index in [4.69, 9.17) is 4.52 Å². The quantitative estimate of drug-likeness (QED) is 0.501. The van der Waals surface area contributed by atoms with Crippen LogP contribution in [-0.4, -0.2) is 49.2 Å². The Morgan fingerprint density at radius 2 is 1.77 bits per heavy atom. The molecule has 0 spiro atoms. The maximum atomic E-state index is 13.1. The highest BCUT2D eigenvalue weighted by molar-refractivity contribution is 7.92. The molecule has 0 fully saturated rings. The number of hydrogen-bond acceptors (Lipinski definition) is 6. The number of amides is 1. The van der Waals surface area contributed by atoms with Crippen LogP contribution in [-0.2, 0) is 21.4 Å². The van der Waals surface area contributed by atoms with Gasteiger partial charge in [0.2, 0.25) is 27.6 Å². The third-order valence-corrected chi connectivity index (χ3v) is 5.76. The van der Waals surface area contributed by atoms with Crippen LogP contribution in [0.1, 0.15) is 18.7 Å². The van der Waals surface area contributed by atoms with Crippen LogP contribution >= 0.6 is 0 Å². The Morgan fingerprint density at radius 1 is 1.10 bits per heavy atom. The molecular weight excluding hydrogens is 423 g/mol. The molecule has 31 heavy (non-hydrogen) atoms. The molecule has 0 radical (unpaired) electrons. The van der Waals surface area contributed by atoms with E-state index in [1.807, 2.05) is 30.3 Å². The molecule has 0 aliphatic carbocycles.